The van der Waals surface area contributed by atoms with Crippen molar-refractivity contribution in [3.63, 3.8) is 0 Å². The van der Waals surface area contributed by atoms with Crippen molar-refractivity contribution in [1.82, 2.24) is 9.55 Å². The van der Waals surface area contributed by atoms with Gasteiger partial charge in [0.25, 0.3) is 5.91 Å². The number of ether oxygens (including phenoxy) is 1. The number of imidazole rings is 1. The minimum atomic E-state index is -0.298. The Hall–Kier alpha value is -2.50. The van der Waals surface area contributed by atoms with Crippen LogP contribution in [0, 0.1) is 0 Å². The number of halogens is 2. The van der Waals surface area contributed by atoms with Gasteiger partial charge in [0.2, 0.25) is 0 Å². The van der Waals surface area contributed by atoms with Gasteiger partial charge in [0.1, 0.15) is 5.82 Å². The Balaban J connectivity index is 1.57. The van der Waals surface area contributed by atoms with E-state index in [4.69, 9.17) is 32.9 Å². The number of carbonyl (C=O) groups is 1. The molecule has 3 aromatic rings. The molecule has 1 aliphatic heterocycles. The fraction of sp³-hybridized carbons (Fsp3) is 0.238. The molecule has 1 aromatic heterocycles. The fourth-order valence-electron chi connectivity index (χ4n) is 3.40. The van der Waals surface area contributed by atoms with E-state index in [1.54, 1.807) is 0 Å². The first-order valence-corrected chi connectivity index (χ1v) is 9.81. The molecule has 0 bridgehead atoms. The minimum Gasteiger partial charge on any atom is -0.494 e. The Morgan fingerprint density at radius 2 is 1.96 bits per heavy atom. The highest BCUT2D eigenvalue weighted by atomic mass is 35.5. The molecule has 0 saturated heterocycles. The van der Waals surface area contributed by atoms with E-state index >= 15 is 0 Å². The molecule has 1 N–H and O–H groups in total. The molecule has 144 valence electrons. The molecular formula is C21H19Cl2N3O2. The molecule has 7 heteroatoms. The lowest BCUT2D eigenvalue weighted by Crippen LogP contribution is -2.12. The minimum absolute atomic E-state index is 0.289. The second-order valence-electron chi connectivity index (χ2n) is 6.70. The summed E-state index contributed by atoms with van der Waals surface area (Å²) < 4.78 is 7.34. The summed E-state index contributed by atoms with van der Waals surface area (Å²) in [5.74, 6) is 1.18. The number of nitrogens with one attached hydrogen (secondary N) is 1. The lowest BCUT2D eigenvalue weighted by Gasteiger charge is -2.11. The second kappa shape index (κ2) is 7.86. The predicted molar refractivity (Wildman–Crippen MR) is 112 cm³/mol. The van der Waals surface area contributed by atoms with Crippen LogP contribution in [0.4, 0.5) is 5.69 Å². The van der Waals surface area contributed by atoms with Gasteiger partial charge in [-0.05, 0) is 37.1 Å². The van der Waals surface area contributed by atoms with Crippen LogP contribution in [-0.2, 0) is 13.0 Å². The number of anilines is 1. The van der Waals surface area contributed by atoms with Gasteiger partial charge in [-0.25, -0.2) is 4.98 Å². The van der Waals surface area contributed by atoms with Gasteiger partial charge in [-0.1, -0.05) is 35.3 Å². The lowest BCUT2D eigenvalue weighted by atomic mass is 10.1. The molecule has 0 atom stereocenters. The van der Waals surface area contributed by atoms with E-state index in [-0.39, 0.29) is 16.0 Å². The average Bonchev–Trinajstić information content (AvgIpc) is 3.12. The second-order valence-corrected chi connectivity index (χ2v) is 7.52. The van der Waals surface area contributed by atoms with Crippen molar-refractivity contribution in [2.24, 2.45) is 0 Å². The Kier molecular flexibility index (Phi) is 5.29. The van der Waals surface area contributed by atoms with Gasteiger partial charge in [-0.15, -0.1) is 0 Å². The van der Waals surface area contributed by atoms with E-state index in [1.807, 2.05) is 24.3 Å². The highest BCUT2D eigenvalue weighted by Gasteiger charge is 2.16. The first kappa shape index (κ1) is 18.8. The zero-order valence-corrected chi connectivity index (χ0v) is 16.8. The summed E-state index contributed by atoms with van der Waals surface area (Å²) >= 11 is 12.3. The SMILES string of the molecule is COc1c(Cl)cc(C(=O)Nc2cccc(-c3cn4c(n3)CCCC4)c2)cc1Cl. The summed E-state index contributed by atoms with van der Waals surface area (Å²) in [5, 5.41) is 3.47. The zero-order chi connectivity index (χ0) is 19.7. The van der Waals surface area contributed by atoms with Gasteiger partial charge in [0.15, 0.2) is 5.75 Å². The summed E-state index contributed by atoms with van der Waals surface area (Å²) in [6.45, 7) is 1.01. The van der Waals surface area contributed by atoms with E-state index < -0.39 is 0 Å². The standard InChI is InChI=1S/C21H19Cl2N3O2/c1-28-20-16(22)10-14(11-17(20)23)21(27)24-15-6-4-5-13(9-15)18-12-26-8-3-2-7-19(26)25-18/h4-6,9-12H,2-3,7-8H2,1H3,(H,24,27). The van der Waals surface area contributed by atoms with E-state index in [0.29, 0.717) is 17.0 Å². The molecule has 0 radical (unpaired) electrons. The molecule has 4 rings (SSSR count). The summed E-state index contributed by atoms with van der Waals surface area (Å²) in [6, 6.07) is 10.7. The number of methoxy groups -OCH3 is 1. The number of hydrogen-bond donors (Lipinski definition) is 1. The van der Waals surface area contributed by atoms with E-state index in [9.17, 15) is 4.79 Å². The van der Waals surface area contributed by atoms with Crippen molar-refractivity contribution < 1.29 is 9.53 Å². The molecule has 2 heterocycles. The molecule has 1 amide bonds. The van der Waals surface area contributed by atoms with E-state index in [0.717, 1.165) is 30.0 Å². The van der Waals surface area contributed by atoms with Crippen LogP contribution in [-0.4, -0.2) is 22.6 Å². The van der Waals surface area contributed by atoms with Crippen LogP contribution in [0.3, 0.4) is 0 Å². The Morgan fingerprint density at radius 1 is 1.18 bits per heavy atom. The number of rotatable bonds is 4. The van der Waals surface area contributed by atoms with Crippen LogP contribution in [0.1, 0.15) is 29.0 Å². The maximum absolute atomic E-state index is 12.6. The number of aromatic nitrogens is 2. The number of nitrogens with zero attached hydrogens (tertiary/aromatic N) is 2. The predicted octanol–water partition coefficient (Wildman–Crippen LogP) is 5.45. The Bertz CT molecular complexity index is 999. The first-order valence-electron chi connectivity index (χ1n) is 9.06. The maximum Gasteiger partial charge on any atom is 0.255 e. The van der Waals surface area contributed by atoms with Gasteiger partial charge in [-0.2, -0.15) is 0 Å². The normalized spacial score (nSPS) is 13.1. The maximum atomic E-state index is 12.6. The first-order chi connectivity index (χ1) is 13.5. The smallest absolute Gasteiger partial charge is 0.255 e. The molecule has 0 saturated carbocycles. The molecule has 0 fully saturated rings. The van der Waals surface area contributed by atoms with Crippen molar-refractivity contribution in [3.8, 4) is 17.0 Å². The van der Waals surface area contributed by atoms with E-state index in [2.05, 4.69) is 16.1 Å². The van der Waals surface area contributed by atoms with Crippen molar-refractivity contribution >= 4 is 34.8 Å². The third-order valence-corrected chi connectivity index (χ3v) is 5.35. The molecule has 0 unspecified atom stereocenters. The van der Waals surface area contributed by atoms with Crippen LogP contribution in [0.15, 0.2) is 42.6 Å². The summed E-state index contributed by atoms with van der Waals surface area (Å²) in [5.41, 5.74) is 2.92. The van der Waals surface area contributed by atoms with Gasteiger partial charge in [0, 0.05) is 36.0 Å². The number of aryl methyl sites for hydroxylation is 2. The van der Waals surface area contributed by atoms with Gasteiger partial charge < -0.3 is 14.6 Å². The molecule has 0 spiro atoms. The number of hydrogen-bond acceptors (Lipinski definition) is 3. The number of benzene rings is 2. The van der Waals surface area contributed by atoms with Gasteiger partial charge in [-0.3, -0.25) is 4.79 Å². The quantitative estimate of drug-likeness (QED) is 0.615. The monoisotopic (exact) mass is 415 g/mol. The lowest BCUT2D eigenvalue weighted by molar-refractivity contribution is 0.102. The topological polar surface area (TPSA) is 56.1 Å². The van der Waals surface area contributed by atoms with E-state index in [1.165, 1.54) is 32.1 Å². The van der Waals surface area contributed by atoms with Crippen molar-refractivity contribution in [1.29, 1.82) is 0 Å². The van der Waals surface area contributed by atoms with Crippen LogP contribution >= 0.6 is 23.2 Å². The fourth-order valence-corrected chi connectivity index (χ4v) is 4.04. The van der Waals surface area contributed by atoms with Crippen LogP contribution in [0.2, 0.25) is 10.0 Å². The van der Waals surface area contributed by atoms with Gasteiger partial charge in [0.05, 0.1) is 22.8 Å². The number of fused-ring (bicyclic) bond motifs is 1. The molecule has 1 aliphatic rings. The van der Waals surface area contributed by atoms with Crippen LogP contribution in [0.5, 0.6) is 5.75 Å². The summed E-state index contributed by atoms with van der Waals surface area (Å²) in [6.07, 6.45) is 5.46. The Labute approximate surface area is 173 Å². The summed E-state index contributed by atoms with van der Waals surface area (Å²) in [7, 11) is 1.48. The van der Waals surface area contributed by atoms with Crippen molar-refractivity contribution in [3.05, 3.63) is 64.0 Å². The van der Waals surface area contributed by atoms with Crippen LogP contribution in [0.25, 0.3) is 11.3 Å². The number of amides is 1. The third-order valence-electron chi connectivity index (χ3n) is 4.79. The number of carbonyl (C=O) groups excluding carboxylic acids is 1. The summed E-state index contributed by atoms with van der Waals surface area (Å²) in [4.78, 5) is 17.4. The van der Waals surface area contributed by atoms with Crippen molar-refractivity contribution in [2.45, 2.75) is 25.8 Å². The molecule has 0 aliphatic carbocycles. The third kappa shape index (κ3) is 3.73. The van der Waals surface area contributed by atoms with Crippen molar-refractivity contribution in [2.75, 3.05) is 12.4 Å². The molecule has 5 nitrogen and oxygen atoms in total. The van der Waals surface area contributed by atoms with Gasteiger partial charge >= 0.3 is 0 Å². The zero-order valence-electron chi connectivity index (χ0n) is 15.3. The largest absolute Gasteiger partial charge is 0.494 e. The molecule has 2 aromatic carbocycles. The highest BCUT2D eigenvalue weighted by molar-refractivity contribution is 6.37. The molecular weight excluding hydrogens is 397 g/mol. The Morgan fingerprint density at radius 3 is 2.68 bits per heavy atom. The highest BCUT2D eigenvalue weighted by Crippen LogP contribution is 2.34. The average molecular weight is 416 g/mol. The van der Waals surface area contributed by atoms with Crippen LogP contribution < -0.4 is 10.1 Å². The molecule has 28 heavy (non-hydrogen) atoms.